The third-order valence-electron chi connectivity index (χ3n) is 3.50. The highest BCUT2D eigenvalue weighted by Crippen LogP contribution is 2.23. The van der Waals surface area contributed by atoms with Crippen molar-refractivity contribution in [2.75, 3.05) is 6.54 Å². The van der Waals surface area contributed by atoms with E-state index in [-0.39, 0.29) is 16.5 Å². The molecule has 0 fully saturated rings. The summed E-state index contributed by atoms with van der Waals surface area (Å²) in [5.41, 5.74) is 5.89. The van der Waals surface area contributed by atoms with E-state index in [2.05, 4.69) is 25.9 Å². The SMILES string of the molecule is NCCCc1nc2c(F)ccc(Br)c2c(=O)n1-c1cccnc1. The first-order valence-electron chi connectivity index (χ1n) is 7.13. The van der Waals surface area contributed by atoms with E-state index in [1.54, 1.807) is 24.5 Å². The maximum absolute atomic E-state index is 14.1. The molecule has 3 aromatic rings. The number of pyridine rings is 1. The number of nitrogens with zero attached hydrogens (tertiary/aromatic N) is 3. The highest BCUT2D eigenvalue weighted by atomic mass is 79.9. The molecule has 0 saturated heterocycles. The molecule has 2 aromatic heterocycles. The van der Waals surface area contributed by atoms with E-state index in [0.29, 0.717) is 35.4 Å². The summed E-state index contributed by atoms with van der Waals surface area (Å²) in [6.07, 6.45) is 4.32. The van der Waals surface area contributed by atoms with Crippen molar-refractivity contribution >= 4 is 26.8 Å². The second-order valence-electron chi connectivity index (χ2n) is 5.02. The summed E-state index contributed by atoms with van der Waals surface area (Å²) < 4.78 is 16.1. The molecule has 0 unspecified atom stereocenters. The van der Waals surface area contributed by atoms with Crippen LogP contribution in [-0.2, 0) is 6.42 Å². The maximum Gasteiger partial charge on any atom is 0.267 e. The van der Waals surface area contributed by atoms with Gasteiger partial charge in [0.1, 0.15) is 17.2 Å². The van der Waals surface area contributed by atoms with Crippen LogP contribution in [0.3, 0.4) is 0 Å². The van der Waals surface area contributed by atoms with Crippen molar-refractivity contribution in [3.05, 3.63) is 63.1 Å². The van der Waals surface area contributed by atoms with Crippen LogP contribution in [0.15, 0.2) is 45.9 Å². The fourth-order valence-corrected chi connectivity index (χ4v) is 2.93. The van der Waals surface area contributed by atoms with Crippen LogP contribution in [0.1, 0.15) is 12.2 Å². The molecular formula is C16H14BrFN4O. The zero-order valence-electron chi connectivity index (χ0n) is 12.2. The van der Waals surface area contributed by atoms with Crippen LogP contribution in [0.4, 0.5) is 4.39 Å². The van der Waals surface area contributed by atoms with Crippen LogP contribution in [0.5, 0.6) is 0 Å². The van der Waals surface area contributed by atoms with Crippen molar-refractivity contribution in [2.24, 2.45) is 5.73 Å². The van der Waals surface area contributed by atoms with Crippen molar-refractivity contribution < 1.29 is 4.39 Å². The van der Waals surface area contributed by atoms with Crippen molar-refractivity contribution in [2.45, 2.75) is 12.8 Å². The minimum atomic E-state index is -0.521. The van der Waals surface area contributed by atoms with Crippen molar-refractivity contribution in [1.29, 1.82) is 0 Å². The minimum Gasteiger partial charge on any atom is -0.330 e. The van der Waals surface area contributed by atoms with E-state index in [4.69, 9.17) is 5.73 Å². The highest BCUT2D eigenvalue weighted by Gasteiger charge is 2.17. The average Bonchev–Trinajstić information content (AvgIpc) is 2.57. The first-order valence-corrected chi connectivity index (χ1v) is 7.93. The lowest BCUT2D eigenvalue weighted by Gasteiger charge is -2.14. The maximum atomic E-state index is 14.1. The Labute approximate surface area is 140 Å². The second-order valence-corrected chi connectivity index (χ2v) is 5.88. The normalized spacial score (nSPS) is 11.1. The first-order chi connectivity index (χ1) is 11.1. The van der Waals surface area contributed by atoms with Gasteiger partial charge in [-0.15, -0.1) is 0 Å². The van der Waals surface area contributed by atoms with Gasteiger partial charge in [0.15, 0.2) is 0 Å². The highest BCUT2D eigenvalue weighted by molar-refractivity contribution is 9.10. The van der Waals surface area contributed by atoms with Gasteiger partial charge in [0.05, 0.1) is 17.3 Å². The van der Waals surface area contributed by atoms with Gasteiger partial charge < -0.3 is 5.73 Å². The van der Waals surface area contributed by atoms with E-state index in [0.717, 1.165) is 0 Å². The molecule has 0 aliphatic rings. The topological polar surface area (TPSA) is 73.8 Å². The van der Waals surface area contributed by atoms with E-state index in [9.17, 15) is 9.18 Å². The van der Waals surface area contributed by atoms with Gasteiger partial charge in [-0.05, 0) is 53.2 Å². The minimum absolute atomic E-state index is 0.0662. The zero-order valence-corrected chi connectivity index (χ0v) is 13.8. The molecule has 23 heavy (non-hydrogen) atoms. The number of halogens is 2. The summed E-state index contributed by atoms with van der Waals surface area (Å²) in [5.74, 6) is -0.0504. The van der Waals surface area contributed by atoms with Crippen molar-refractivity contribution in [1.82, 2.24) is 14.5 Å². The molecule has 0 aliphatic heterocycles. The fourth-order valence-electron chi connectivity index (χ4n) is 2.44. The molecule has 118 valence electrons. The summed E-state index contributed by atoms with van der Waals surface area (Å²) in [6, 6.07) is 6.30. The molecule has 0 aliphatic carbocycles. The number of fused-ring (bicyclic) bond motifs is 1. The molecule has 1 aromatic carbocycles. The molecule has 3 rings (SSSR count). The summed E-state index contributed by atoms with van der Waals surface area (Å²) >= 11 is 3.31. The van der Waals surface area contributed by atoms with Gasteiger partial charge in [0, 0.05) is 17.1 Å². The Morgan fingerprint density at radius 1 is 1.30 bits per heavy atom. The largest absolute Gasteiger partial charge is 0.330 e. The van der Waals surface area contributed by atoms with Crippen LogP contribution in [0.25, 0.3) is 16.6 Å². The predicted molar refractivity (Wildman–Crippen MR) is 90.2 cm³/mol. The predicted octanol–water partition coefficient (Wildman–Crippen LogP) is 2.57. The number of hydrogen-bond donors (Lipinski definition) is 1. The average molecular weight is 377 g/mol. The Hall–Kier alpha value is -2.12. The van der Waals surface area contributed by atoms with Gasteiger partial charge in [-0.1, -0.05) is 0 Å². The Kier molecular flexibility index (Phi) is 4.49. The molecule has 0 saturated carbocycles. The standard InChI is InChI=1S/C16H14BrFN4O/c17-11-5-6-12(18)15-14(11)16(23)22(10-3-2-8-20-9-10)13(21-15)4-1-7-19/h2-3,5-6,8-9H,1,4,7,19H2. The molecule has 0 bridgehead atoms. The Balaban J connectivity index is 2.38. The first kappa shape index (κ1) is 15.8. The summed E-state index contributed by atoms with van der Waals surface area (Å²) in [7, 11) is 0. The van der Waals surface area contributed by atoms with Crippen LogP contribution >= 0.6 is 15.9 Å². The lowest BCUT2D eigenvalue weighted by atomic mass is 10.2. The zero-order chi connectivity index (χ0) is 16.4. The van der Waals surface area contributed by atoms with Crippen LogP contribution in [-0.4, -0.2) is 21.1 Å². The second kappa shape index (κ2) is 6.55. The molecule has 0 amide bonds. The third kappa shape index (κ3) is 2.89. The van der Waals surface area contributed by atoms with E-state index in [1.165, 1.54) is 16.7 Å². The van der Waals surface area contributed by atoms with Gasteiger partial charge in [0.2, 0.25) is 0 Å². The Bertz CT molecular complexity index is 911. The molecule has 7 heteroatoms. The molecule has 2 heterocycles. The molecule has 5 nitrogen and oxygen atoms in total. The van der Waals surface area contributed by atoms with Crippen molar-refractivity contribution in [3.63, 3.8) is 0 Å². The molecular weight excluding hydrogens is 363 g/mol. The molecule has 0 radical (unpaired) electrons. The number of rotatable bonds is 4. The number of benzene rings is 1. The van der Waals surface area contributed by atoms with Gasteiger partial charge in [0.25, 0.3) is 5.56 Å². The molecule has 0 spiro atoms. The van der Waals surface area contributed by atoms with E-state index < -0.39 is 5.82 Å². The summed E-state index contributed by atoms with van der Waals surface area (Å²) in [5, 5.41) is 0.213. The Morgan fingerprint density at radius 3 is 2.83 bits per heavy atom. The van der Waals surface area contributed by atoms with Gasteiger partial charge >= 0.3 is 0 Å². The van der Waals surface area contributed by atoms with Crippen molar-refractivity contribution in [3.8, 4) is 5.69 Å². The Morgan fingerprint density at radius 2 is 2.13 bits per heavy atom. The number of nitrogens with two attached hydrogens (primary N) is 1. The van der Waals surface area contributed by atoms with Gasteiger partial charge in [-0.25, -0.2) is 9.37 Å². The molecule has 0 atom stereocenters. The van der Waals surface area contributed by atoms with E-state index in [1.807, 2.05) is 0 Å². The van der Waals surface area contributed by atoms with Gasteiger partial charge in [-0.3, -0.25) is 14.3 Å². The fraction of sp³-hybridized carbons (Fsp3) is 0.188. The third-order valence-corrected chi connectivity index (χ3v) is 4.16. The number of hydrogen-bond acceptors (Lipinski definition) is 4. The monoisotopic (exact) mass is 376 g/mol. The summed E-state index contributed by atoms with van der Waals surface area (Å²) in [6.45, 7) is 0.460. The van der Waals surface area contributed by atoms with Crippen LogP contribution in [0.2, 0.25) is 0 Å². The number of aryl methyl sites for hydroxylation is 1. The molecule has 2 N–H and O–H groups in total. The summed E-state index contributed by atoms with van der Waals surface area (Å²) in [4.78, 5) is 21.4. The van der Waals surface area contributed by atoms with Crippen LogP contribution in [0, 0.1) is 5.82 Å². The lowest BCUT2D eigenvalue weighted by molar-refractivity contribution is 0.633. The quantitative estimate of drug-likeness (QED) is 0.759. The van der Waals surface area contributed by atoms with Crippen LogP contribution < -0.4 is 11.3 Å². The number of aromatic nitrogens is 3. The lowest BCUT2D eigenvalue weighted by Crippen LogP contribution is -2.25. The smallest absolute Gasteiger partial charge is 0.267 e. The van der Waals surface area contributed by atoms with E-state index >= 15 is 0 Å². The van der Waals surface area contributed by atoms with Gasteiger partial charge in [-0.2, -0.15) is 0 Å².